The minimum atomic E-state index is -1.04. The fourth-order valence-corrected chi connectivity index (χ4v) is 2.17. The molecule has 6 heteroatoms. The zero-order valence-corrected chi connectivity index (χ0v) is 12.8. The lowest BCUT2D eigenvalue weighted by atomic mass is 10.2. The quantitative estimate of drug-likeness (QED) is 0.795. The van der Waals surface area contributed by atoms with Gasteiger partial charge in [-0.15, -0.1) is 0 Å². The normalized spacial score (nSPS) is 11.4. The molecule has 112 valence electrons. The number of aromatic carboxylic acids is 1. The number of carboxylic acids is 1. The molecule has 0 radical (unpaired) electrons. The van der Waals surface area contributed by atoms with Gasteiger partial charge in [-0.25, -0.2) is 14.8 Å². The van der Waals surface area contributed by atoms with E-state index < -0.39 is 5.97 Å². The van der Waals surface area contributed by atoms with Gasteiger partial charge in [-0.05, 0) is 40.7 Å². The van der Waals surface area contributed by atoms with Crippen LogP contribution in [0.2, 0.25) is 0 Å². The first-order valence-corrected chi connectivity index (χ1v) is 6.90. The summed E-state index contributed by atoms with van der Waals surface area (Å²) in [6.45, 7) is 11.9. The standard InChI is InChI=1S/C14H24N4O2/c1-9(2)18(10(3)4)7-6-15-14-16-11(5)8-12(17-14)13(19)20/h8-10H,6-7H2,1-5H3,(H,19,20)(H,15,16,17). The van der Waals surface area contributed by atoms with Gasteiger partial charge in [0.1, 0.15) is 0 Å². The molecular weight excluding hydrogens is 256 g/mol. The van der Waals surface area contributed by atoms with Gasteiger partial charge in [-0.3, -0.25) is 4.90 Å². The van der Waals surface area contributed by atoms with Crippen molar-refractivity contribution in [2.45, 2.75) is 46.7 Å². The molecular formula is C14H24N4O2. The number of rotatable bonds is 7. The number of hydrogen-bond donors (Lipinski definition) is 2. The highest BCUT2D eigenvalue weighted by molar-refractivity contribution is 5.85. The van der Waals surface area contributed by atoms with Crippen LogP contribution in [0.5, 0.6) is 0 Å². The highest BCUT2D eigenvalue weighted by Crippen LogP contribution is 2.07. The second kappa shape index (κ2) is 7.19. The Kier molecular flexibility index (Phi) is 5.88. The Morgan fingerprint density at radius 2 is 1.90 bits per heavy atom. The molecule has 2 N–H and O–H groups in total. The van der Waals surface area contributed by atoms with Crippen molar-refractivity contribution in [3.05, 3.63) is 17.5 Å². The molecule has 0 atom stereocenters. The molecule has 0 aliphatic rings. The summed E-state index contributed by atoms with van der Waals surface area (Å²) >= 11 is 0. The Balaban J connectivity index is 2.64. The van der Waals surface area contributed by atoms with E-state index in [0.29, 0.717) is 30.3 Å². The van der Waals surface area contributed by atoms with E-state index in [4.69, 9.17) is 5.11 Å². The van der Waals surface area contributed by atoms with E-state index in [9.17, 15) is 4.79 Å². The maximum absolute atomic E-state index is 10.9. The van der Waals surface area contributed by atoms with Gasteiger partial charge in [0.05, 0.1) is 0 Å². The lowest BCUT2D eigenvalue weighted by Gasteiger charge is -2.30. The second-order valence-electron chi connectivity index (χ2n) is 5.38. The number of nitrogens with one attached hydrogen (secondary N) is 1. The van der Waals surface area contributed by atoms with E-state index in [1.165, 1.54) is 6.07 Å². The van der Waals surface area contributed by atoms with E-state index >= 15 is 0 Å². The number of hydrogen-bond acceptors (Lipinski definition) is 5. The molecule has 1 rings (SSSR count). The van der Waals surface area contributed by atoms with Crippen molar-refractivity contribution in [3.8, 4) is 0 Å². The van der Waals surface area contributed by atoms with E-state index in [1.54, 1.807) is 6.92 Å². The first-order valence-electron chi connectivity index (χ1n) is 6.90. The number of aryl methyl sites for hydroxylation is 1. The molecule has 0 aromatic carbocycles. The summed E-state index contributed by atoms with van der Waals surface area (Å²) in [6, 6.07) is 2.39. The lowest BCUT2D eigenvalue weighted by molar-refractivity contribution is 0.0690. The first-order chi connectivity index (χ1) is 9.31. The number of nitrogens with zero attached hydrogens (tertiary/aromatic N) is 3. The summed E-state index contributed by atoms with van der Waals surface area (Å²) < 4.78 is 0. The van der Waals surface area contributed by atoms with Gasteiger partial charge in [0, 0.05) is 30.9 Å². The van der Waals surface area contributed by atoms with Gasteiger partial charge < -0.3 is 10.4 Å². The highest BCUT2D eigenvalue weighted by atomic mass is 16.4. The Bertz CT molecular complexity index is 452. The Morgan fingerprint density at radius 1 is 1.30 bits per heavy atom. The van der Waals surface area contributed by atoms with Crippen molar-refractivity contribution in [1.29, 1.82) is 0 Å². The van der Waals surface area contributed by atoms with Gasteiger partial charge in [-0.1, -0.05) is 0 Å². The topological polar surface area (TPSA) is 78.3 Å². The third-order valence-corrected chi connectivity index (χ3v) is 3.05. The number of carboxylic acid groups (broad SMARTS) is 1. The Hall–Kier alpha value is -1.69. The van der Waals surface area contributed by atoms with Crippen molar-refractivity contribution in [1.82, 2.24) is 14.9 Å². The fraction of sp³-hybridized carbons (Fsp3) is 0.643. The van der Waals surface area contributed by atoms with Crippen molar-refractivity contribution >= 4 is 11.9 Å². The van der Waals surface area contributed by atoms with Crippen molar-refractivity contribution < 1.29 is 9.90 Å². The summed E-state index contributed by atoms with van der Waals surface area (Å²) in [5.74, 6) is -0.667. The Labute approximate surface area is 120 Å². The molecule has 0 aliphatic carbocycles. The predicted molar refractivity (Wildman–Crippen MR) is 79.2 cm³/mol. The fourth-order valence-electron chi connectivity index (χ4n) is 2.17. The van der Waals surface area contributed by atoms with Gasteiger partial charge in [0.2, 0.25) is 5.95 Å². The van der Waals surface area contributed by atoms with Crippen LogP contribution in [0, 0.1) is 6.92 Å². The number of carbonyl (C=O) groups is 1. The largest absolute Gasteiger partial charge is 0.477 e. The minimum Gasteiger partial charge on any atom is -0.477 e. The SMILES string of the molecule is Cc1cc(C(=O)O)nc(NCCN(C(C)C)C(C)C)n1. The molecule has 0 saturated carbocycles. The van der Waals surface area contributed by atoms with Crippen LogP contribution in [0.15, 0.2) is 6.07 Å². The maximum Gasteiger partial charge on any atom is 0.354 e. The molecule has 0 unspecified atom stereocenters. The van der Waals surface area contributed by atoms with Crippen LogP contribution in [0.1, 0.15) is 43.9 Å². The van der Waals surface area contributed by atoms with E-state index in [2.05, 4.69) is 47.9 Å². The molecule has 1 aromatic rings. The van der Waals surface area contributed by atoms with Crippen LogP contribution < -0.4 is 5.32 Å². The molecule has 0 fully saturated rings. The van der Waals surface area contributed by atoms with Gasteiger partial charge in [-0.2, -0.15) is 0 Å². The average molecular weight is 280 g/mol. The maximum atomic E-state index is 10.9. The predicted octanol–water partition coefficient (Wildman–Crippen LogP) is 2.01. The Morgan fingerprint density at radius 3 is 2.40 bits per heavy atom. The average Bonchev–Trinajstić information content (AvgIpc) is 2.32. The summed E-state index contributed by atoms with van der Waals surface area (Å²) in [5.41, 5.74) is 0.661. The van der Waals surface area contributed by atoms with Crippen LogP contribution in [-0.4, -0.2) is 51.1 Å². The van der Waals surface area contributed by atoms with Crippen LogP contribution >= 0.6 is 0 Å². The van der Waals surface area contributed by atoms with Crippen LogP contribution in [0.4, 0.5) is 5.95 Å². The van der Waals surface area contributed by atoms with Crippen LogP contribution in [0.25, 0.3) is 0 Å². The minimum absolute atomic E-state index is 0.0181. The summed E-state index contributed by atoms with van der Waals surface area (Å²) in [4.78, 5) is 21.5. The zero-order chi connectivity index (χ0) is 15.3. The molecule has 6 nitrogen and oxygen atoms in total. The van der Waals surface area contributed by atoms with E-state index in [-0.39, 0.29) is 5.69 Å². The molecule has 0 saturated heterocycles. The summed E-state index contributed by atoms with van der Waals surface area (Å²) in [6.07, 6.45) is 0. The first kappa shape index (κ1) is 16.4. The summed E-state index contributed by atoms with van der Waals surface area (Å²) in [5, 5.41) is 12.1. The van der Waals surface area contributed by atoms with Crippen molar-refractivity contribution in [3.63, 3.8) is 0 Å². The third kappa shape index (κ3) is 4.77. The van der Waals surface area contributed by atoms with E-state index in [0.717, 1.165) is 6.54 Å². The molecule has 1 aromatic heterocycles. The number of anilines is 1. The van der Waals surface area contributed by atoms with Gasteiger partial charge in [0.15, 0.2) is 5.69 Å². The number of aromatic nitrogens is 2. The zero-order valence-electron chi connectivity index (χ0n) is 12.8. The van der Waals surface area contributed by atoms with Gasteiger partial charge >= 0.3 is 5.97 Å². The molecule has 0 amide bonds. The van der Waals surface area contributed by atoms with Crippen LogP contribution in [-0.2, 0) is 0 Å². The van der Waals surface area contributed by atoms with Crippen molar-refractivity contribution in [2.24, 2.45) is 0 Å². The lowest BCUT2D eigenvalue weighted by Crippen LogP contribution is -2.40. The van der Waals surface area contributed by atoms with Crippen molar-refractivity contribution in [2.75, 3.05) is 18.4 Å². The van der Waals surface area contributed by atoms with Gasteiger partial charge in [0.25, 0.3) is 0 Å². The molecule has 0 bridgehead atoms. The molecule has 20 heavy (non-hydrogen) atoms. The molecule has 0 spiro atoms. The monoisotopic (exact) mass is 280 g/mol. The highest BCUT2D eigenvalue weighted by Gasteiger charge is 2.13. The third-order valence-electron chi connectivity index (χ3n) is 3.05. The molecule has 0 aliphatic heterocycles. The smallest absolute Gasteiger partial charge is 0.354 e. The second-order valence-corrected chi connectivity index (χ2v) is 5.38. The summed E-state index contributed by atoms with van der Waals surface area (Å²) in [7, 11) is 0. The van der Waals surface area contributed by atoms with E-state index in [1.807, 2.05) is 0 Å². The molecule has 1 heterocycles. The van der Waals surface area contributed by atoms with Crippen LogP contribution in [0.3, 0.4) is 0 Å².